The average Bonchev–Trinajstić information content (AvgIpc) is 2.25. The molecular weight excluding hydrogens is 242 g/mol. The first kappa shape index (κ1) is 13.8. The number of ether oxygens (including phenoxy) is 2. The third-order valence-corrected chi connectivity index (χ3v) is 3.29. The minimum absolute atomic E-state index is 0.115. The van der Waals surface area contributed by atoms with Gasteiger partial charge in [0, 0.05) is 23.9 Å². The largest absolute Gasteiger partial charge is 0.497 e. The molecule has 0 saturated heterocycles. The summed E-state index contributed by atoms with van der Waals surface area (Å²) in [6.45, 7) is 0. The molecule has 0 saturated carbocycles. The highest BCUT2D eigenvalue weighted by Crippen LogP contribution is 2.28. The van der Waals surface area contributed by atoms with Gasteiger partial charge in [-0.2, -0.15) is 0 Å². The van der Waals surface area contributed by atoms with Crippen molar-refractivity contribution in [3.05, 3.63) is 23.8 Å². The lowest BCUT2D eigenvalue weighted by Crippen LogP contribution is -2.21. The topological polar surface area (TPSA) is 78.6 Å². The van der Waals surface area contributed by atoms with Crippen molar-refractivity contribution < 1.29 is 17.9 Å². The summed E-state index contributed by atoms with van der Waals surface area (Å²) in [6.07, 6.45) is 1.16. The minimum atomic E-state index is -3.12. The van der Waals surface area contributed by atoms with E-state index in [1.54, 1.807) is 25.3 Å². The monoisotopic (exact) mass is 259 g/mol. The van der Waals surface area contributed by atoms with Crippen LogP contribution in [0.5, 0.6) is 11.5 Å². The van der Waals surface area contributed by atoms with Crippen molar-refractivity contribution in [1.29, 1.82) is 0 Å². The Morgan fingerprint density at radius 2 is 1.94 bits per heavy atom. The molecule has 1 atom stereocenters. The number of benzene rings is 1. The first-order valence-corrected chi connectivity index (χ1v) is 7.08. The molecule has 0 bridgehead atoms. The van der Waals surface area contributed by atoms with Crippen molar-refractivity contribution in [2.45, 2.75) is 6.04 Å². The number of sulfone groups is 1. The van der Waals surface area contributed by atoms with E-state index in [2.05, 4.69) is 0 Å². The van der Waals surface area contributed by atoms with Gasteiger partial charge in [0.1, 0.15) is 21.3 Å². The molecular formula is C11H17NO4S. The normalized spacial score (nSPS) is 13.2. The van der Waals surface area contributed by atoms with Crippen LogP contribution in [0.1, 0.15) is 11.6 Å². The lowest BCUT2D eigenvalue weighted by Gasteiger charge is -2.15. The molecule has 2 N–H and O–H groups in total. The van der Waals surface area contributed by atoms with E-state index in [9.17, 15) is 8.42 Å². The van der Waals surface area contributed by atoms with Gasteiger partial charge in [0.15, 0.2) is 0 Å². The minimum Gasteiger partial charge on any atom is -0.497 e. The van der Waals surface area contributed by atoms with Crippen LogP contribution in [0.3, 0.4) is 0 Å². The summed E-state index contributed by atoms with van der Waals surface area (Å²) in [5.41, 5.74) is 6.50. The third-order valence-electron chi connectivity index (χ3n) is 2.32. The fraction of sp³-hybridized carbons (Fsp3) is 0.455. The number of hydrogen-bond donors (Lipinski definition) is 1. The highest BCUT2D eigenvalue weighted by Gasteiger charge is 2.17. The van der Waals surface area contributed by atoms with Crippen molar-refractivity contribution in [3.8, 4) is 11.5 Å². The Morgan fingerprint density at radius 3 is 2.41 bits per heavy atom. The van der Waals surface area contributed by atoms with Gasteiger partial charge in [-0.25, -0.2) is 8.42 Å². The molecule has 0 fully saturated rings. The Morgan fingerprint density at radius 1 is 1.29 bits per heavy atom. The summed E-state index contributed by atoms with van der Waals surface area (Å²) in [5, 5.41) is 0. The fourth-order valence-corrected chi connectivity index (χ4v) is 2.37. The molecule has 1 aromatic carbocycles. The van der Waals surface area contributed by atoms with Crippen molar-refractivity contribution >= 4 is 9.84 Å². The van der Waals surface area contributed by atoms with E-state index in [0.29, 0.717) is 17.1 Å². The van der Waals surface area contributed by atoms with Gasteiger partial charge < -0.3 is 15.2 Å². The molecule has 0 aliphatic heterocycles. The number of nitrogens with two attached hydrogens (primary N) is 1. The molecule has 0 spiro atoms. The predicted octanol–water partition coefficient (Wildman–Crippen LogP) is 0.748. The van der Waals surface area contributed by atoms with Crippen LogP contribution in [0.4, 0.5) is 0 Å². The van der Waals surface area contributed by atoms with Crippen LogP contribution in [0, 0.1) is 0 Å². The van der Waals surface area contributed by atoms with Gasteiger partial charge in [-0.15, -0.1) is 0 Å². The van der Waals surface area contributed by atoms with E-state index in [1.165, 1.54) is 7.11 Å². The summed E-state index contributed by atoms with van der Waals surface area (Å²) in [5.74, 6) is 1.05. The smallest absolute Gasteiger partial charge is 0.149 e. The maximum absolute atomic E-state index is 11.2. The van der Waals surface area contributed by atoms with E-state index in [4.69, 9.17) is 15.2 Å². The highest BCUT2D eigenvalue weighted by molar-refractivity contribution is 7.90. The van der Waals surface area contributed by atoms with Crippen molar-refractivity contribution in [3.63, 3.8) is 0 Å². The van der Waals surface area contributed by atoms with E-state index in [-0.39, 0.29) is 5.75 Å². The molecule has 1 unspecified atom stereocenters. The van der Waals surface area contributed by atoms with Crippen LogP contribution >= 0.6 is 0 Å². The zero-order chi connectivity index (χ0) is 13.1. The lowest BCUT2D eigenvalue weighted by atomic mass is 10.1. The Kier molecular flexibility index (Phi) is 4.36. The molecule has 0 radical (unpaired) electrons. The summed E-state index contributed by atoms with van der Waals surface area (Å²) in [6, 6.07) is 4.51. The summed E-state index contributed by atoms with van der Waals surface area (Å²) in [7, 11) is -0.0721. The average molecular weight is 259 g/mol. The Hall–Kier alpha value is -1.27. The lowest BCUT2D eigenvalue weighted by molar-refractivity contribution is 0.389. The van der Waals surface area contributed by atoms with Crippen LogP contribution in [0.2, 0.25) is 0 Å². The Balaban J connectivity index is 3.04. The quantitative estimate of drug-likeness (QED) is 0.844. The molecule has 1 rings (SSSR count). The van der Waals surface area contributed by atoms with Crippen molar-refractivity contribution in [1.82, 2.24) is 0 Å². The van der Waals surface area contributed by atoms with Crippen LogP contribution < -0.4 is 15.2 Å². The Labute approximate surface area is 101 Å². The van der Waals surface area contributed by atoms with E-state index in [1.807, 2.05) is 0 Å². The number of hydrogen-bond acceptors (Lipinski definition) is 5. The predicted molar refractivity (Wildman–Crippen MR) is 66.2 cm³/mol. The molecule has 0 aromatic heterocycles. The van der Waals surface area contributed by atoms with Gasteiger partial charge in [0.2, 0.25) is 0 Å². The molecule has 96 valence electrons. The molecule has 0 aliphatic carbocycles. The van der Waals surface area contributed by atoms with Gasteiger partial charge >= 0.3 is 0 Å². The standard InChI is InChI=1S/C11H17NO4S/c1-15-8-4-5-9(11(6-8)16-2)10(12)7-17(3,13)14/h4-6,10H,7,12H2,1-3H3. The van der Waals surface area contributed by atoms with Gasteiger partial charge in [-0.3, -0.25) is 0 Å². The molecule has 0 heterocycles. The van der Waals surface area contributed by atoms with Crippen LogP contribution in [0.25, 0.3) is 0 Å². The first-order chi connectivity index (χ1) is 7.87. The molecule has 6 heteroatoms. The first-order valence-electron chi connectivity index (χ1n) is 5.02. The van der Waals surface area contributed by atoms with E-state index in [0.717, 1.165) is 6.26 Å². The molecule has 5 nitrogen and oxygen atoms in total. The van der Waals surface area contributed by atoms with E-state index >= 15 is 0 Å². The fourth-order valence-electron chi connectivity index (χ4n) is 1.54. The van der Waals surface area contributed by atoms with Gasteiger partial charge in [-0.1, -0.05) is 6.07 Å². The number of methoxy groups -OCH3 is 2. The summed E-state index contributed by atoms with van der Waals surface area (Å²) in [4.78, 5) is 0. The van der Waals surface area contributed by atoms with Crippen LogP contribution in [-0.4, -0.2) is 34.6 Å². The van der Waals surface area contributed by atoms with Gasteiger partial charge in [0.05, 0.1) is 20.0 Å². The molecule has 0 amide bonds. The molecule has 1 aromatic rings. The second-order valence-electron chi connectivity index (χ2n) is 3.81. The van der Waals surface area contributed by atoms with E-state index < -0.39 is 15.9 Å². The number of rotatable bonds is 5. The van der Waals surface area contributed by atoms with Crippen LogP contribution in [-0.2, 0) is 9.84 Å². The summed E-state index contributed by atoms with van der Waals surface area (Å²) < 4.78 is 32.6. The molecule has 17 heavy (non-hydrogen) atoms. The SMILES string of the molecule is COc1ccc(C(N)CS(C)(=O)=O)c(OC)c1. The van der Waals surface area contributed by atoms with Crippen molar-refractivity contribution in [2.24, 2.45) is 5.73 Å². The van der Waals surface area contributed by atoms with Crippen LogP contribution in [0.15, 0.2) is 18.2 Å². The Bertz CT molecular complexity index is 484. The zero-order valence-corrected chi connectivity index (χ0v) is 11.0. The molecule has 0 aliphatic rings. The van der Waals surface area contributed by atoms with Crippen molar-refractivity contribution in [2.75, 3.05) is 26.2 Å². The highest BCUT2D eigenvalue weighted by atomic mass is 32.2. The maximum atomic E-state index is 11.2. The maximum Gasteiger partial charge on any atom is 0.149 e. The second kappa shape index (κ2) is 5.37. The summed E-state index contributed by atoms with van der Waals surface area (Å²) >= 11 is 0. The zero-order valence-electron chi connectivity index (χ0n) is 10.1. The van der Waals surface area contributed by atoms with Gasteiger partial charge in [0.25, 0.3) is 0 Å². The second-order valence-corrected chi connectivity index (χ2v) is 5.99. The van der Waals surface area contributed by atoms with Gasteiger partial charge in [-0.05, 0) is 6.07 Å². The third kappa shape index (κ3) is 3.90.